The van der Waals surface area contributed by atoms with Gasteiger partial charge in [0.25, 0.3) is 0 Å². The van der Waals surface area contributed by atoms with Crippen LogP contribution in [-0.4, -0.2) is 17.8 Å². The van der Waals surface area contributed by atoms with Gasteiger partial charge in [0, 0.05) is 0 Å². The molecule has 1 unspecified atom stereocenters. The molecule has 0 aliphatic carbocycles. The fraction of sp³-hybridized carbons (Fsp3) is 0.250. The van der Waals surface area contributed by atoms with Crippen molar-refractivity contribution in [1.82, 2.24) is 0 Å². The Kier molecular flexibility index (Phi) is 4.98. The molecule has 0 heterocycles. The van der Waals surface area contributed by atoms with Gasteiger partial charge < -0.3 is 4.74 Å². The van der Waals surface area contributed by atoms with Crippen LogP contribution in [0, 0.1) is 0 Å². The fourth-order valence-corrected chi connectivity index (χ4v) is 1.23. The van der Waals surface area contributed by atoms with E-state index in [4.69, 9.17) is 4.74 Å². The van der Waals surface area contributed by atoms with Crippen molar-refractivity contribution in [3.8, 4) is 0 Å². The van der Waals surface area contributed by atoms with Gasteiger partial charge in [-0.1, -0.05) is 42.5 Å². The lowest BCUT2D eigenvalue weighted by molar-refractivity contribution is -0.141. The predicted molar refractivity (Wildman–Crippen MR) is 64.9 cm³/mol. The summed E-state index contributed by atoms with van der Waals surface area (Å²) in [7, 11) is 0. The Labute approximate surface area is 95.4 Å². The number of esters is 1. The number of rotatable bonds is 4. The van der Waals surface area contributed by atoms with Crippen molar-refractivity contribution in [2.24, 2.45) is 0 Å². The molecule has 3 heteroatoms. The summed E-state index contributed by atoms with van der Waals surface area (Å²) in [6, 6.07) is 9.75. The van der Waals surface area contributed by atoms with Crippen molar-refractivity contribution in [2.75, 3.05) is 6.61 Å². The first-order valence-electron chi connectivity index (χ1n) is 4.82. The van der Waals surface area contributed by atoms with Crippen molar-refractivity contribution in [2.45, 2.75) is 12.2 Å². The van der Waals surface area contributed by atoms with E-state index >= 15 is 0 Å². The second-order valence-electron chi connectivity index (χ2n) is 2.97. The molecule has 0 saturated heterocycles. The number of thiol groups is 1. The highest BCUT2D eigenvalue weighted by atomic mass is 32.1. The molecule has 1 aromatic carbocycles. The third kappa shape index (κ3) is 4.21. The van der Waals surface area contributed by atoms with Crippen LogP contribution in [0.25, 0.3) is 6.08 Å². The molecular formula is C12H14O2S. The summed E-state index contributed by atoms with van der Waals surface area (Å²) in [6.45, 7) is 2.16. The Balaban J connectivity index is 2.54. The molecule has 1 rings (SSSR count). The number of hydrogen-bond donors (Lipinski definition) is 1. The zero-order chi connectivity index (χ0) is 11.1. The molecule has 0 N–H and O–H groups in total. The van der Waals surface area contributed by atoms with Crippen LogP contribution in [0.2, 0.25) is 0 Å². The van der Waals surface area contributed by atoms with Gasteiger partial charge in [-0.05, 0) is 12.5 Å². The van der Waals surface area contributed by atoms with E-state index in [1.807, 2.05) is 36.4 Å². The quantitative estimate of drug-likeness (QED) is 0.626. The van der Waals surface area contributed by atoms with E-state index in [9.17, 15) is 4.79 Å². The van der Waals surface area contributed by atoms with E-state index in [-0.39, 0.29) is 5.97 Å². The molecule has 0 aliphatic rings. The van der Waals surface area contributed by atoms with Gasteiger partial charge in [-0.25, -0.2) is 0 Å². The van der Waals surface area contributed by atoms with Gasteiger partial charge in [0.15, 0.2) is 0 Å². The van der Waals surface area contributed by atoms with E-state index < -0.39 is 5.25 Å². The molecule has 15 heavy (non-hydrogen) atoms. The lowest BCUT2D eigenvalue weighted by Crippen LogP contribution is -2.15. The van der Waals surface area contributed by atoms with Crippen LogP contribution in [0.3, 0.4) is 0 Å². The van der Waals surface area contributed by atoms with Crippen molar-refractivity contribution in [3.05, 3.63) is 42.0 Å². The van der Waals surface area contributed by atoms with Crippen molar-refractivity contribution >= 4 is 24.7 Å². The Morgan fingerprint density at radius 3 is 2.73 bits per heavy atom. The summed E-state index contributed by atoms with van der Waals surface area (Å²) in [5.74, 6) is -0.312. The van der Waals surface area contributed by atoms with Gasteiger partial charge in [0.1, 0.15) is 5.25 Å². The normalized spacial score (nSPS) is 12.7. The van der Waals surface area contributed by atoms with Gasteiger partial charge in [-0.15, -0.1) is 0 Å². The van der Waals surface area contributed by atoms with Gasteiger partial charge in [-0.2, -0.15) is 12.6 Å². The zero-order valence-electron chi connectivity index (χ0n) is 8.59. The predicted octanol–water partition coefficient (Wildman–Crippen LogP) is 2.56. The maximum Gasteiger partial charge on any atom is 0.322 e. The van der Waals surface area contributed by atoms with Gasteiger partial charge >= 0.3 is 5.97 Å². The second-order valence-corrected chi connectivity index (χ2v) is 3.52. The minimum atomic E-state index is -0.495. The number of benzene rings is 1. The Morgan fingerprint density at radius 1 is 1.47 bits per heavy atom. The van der Waals surface area contributed by atoms with Crippen LogP contribution in [0.4, 0.5) is 0 Å². The molecule has 0 spiro atoms. The van der Waals surface area contributed by atoms with E-state index in [2.05, 4.69) is 12.6 Å². The Morgan fingerprint density at radius 2 is 2.13 bits per heavy atom. The van der Waals surface area contributed by atoms with E-state index in [0.29, 0.717) is 6.61 Å². The lowest BCUT2D eigenvalue weighted by Gasteiger charge is -2.04. The molecule has 0 bridgehead atoms. The first-order valence-corrected chi connectivity index (χ1v) is 5.33. The summed E-state index contributed by atoms with van der Waals surface area (Å²) in [5.41, 5.74) is 1.04. The molecule has 0 saturated carbocycles. The van der Waals surface area contributed by atoms with E-state index in [0.717, 1.165) is 5.56 Å². The zero-order valence-corrected chi connectivity index (χ0v) is 9.48. The third-order valence-corrected chi connectivity index (χ3v) is 2.18. The average Bonchev–Trinajstić information content (AvgIpc) is 2.27. The summed E-state index contributed by atoms with van der Waals surface area (Å²) in [6.07, 6.45) is 3.57. The molecule has 0 amide bonds. The number of carbonyl (C=O) groups excluding carboxylic acids is 1. The standard InChI is InChI=1S/C12H14O2S/c1-2-14-12(13)11(15)9-8-10-6-4-3-5-7-10/h3-9,11,15H,2H2,1H3. The van der Waals surface area contributed by atoms with Crippen molar-refractivity contribution in [3.63, 3.8) is 0 Å². The first kappa shape index (κ1) is 11.9. The molecule has 1 aromatic rings. The smallest absolute Gasteiger partial charge is 0.322 e. The van der Waals surface area contributed by atoms with Crippen LogP contribution in [0.5, 0.6) is 0 Å². The van der Waals surface area contributed by atoms with Gasteiger partial charge in [-0.3, -0.25) is 4.79 Å². The fourth-order valence-electron chi connectivity index (χ4n) is 1.07. The maximum atomic E-state index is 11.2. The largest absolute Gasteiger partial charge is 0.465 e. The minimum Gasteiger partial charge on any atom is -0.465 e. The van der Waals surface area contributed by atoms with Gasteiger partial charge in [0.2, 0.25) is 0 Å². The minimum absolute atomic E-state index is 0.312. The van der Waals surface area contributed by atoms with Crippen LogP contribution >= 0.6 is 12.6 Å². The molecule has 80 valence electrons. The van der Waals surface area contributed by atoms with Crippen LogP contribution in [0.1, 0.15) is 12.5 Å². The number of carbonyl (C=O) groups is 1. The number of ether oxygens (including phenoxy) is 1. The summed E-state index contributed by atoms with van der Waals surface area (Å²) < 4.78 is 4.83. The maximum absolute atomic E-state index is 11.2. The molecule has 0 aromatic heterocycles. The highest BCUT2D eigenvalue weighted by Gasteiger charge is 2.10. The van der Waals surface area contributed by atoms with E-state index in [1.54, 1.807) is 13.0 Å². The van der Waals surface area contributed by atoms with Crippen LogP contribution in [-0.2, 0) is 9.53 Å². The summed E-state index contributed by atoms with van der Waals surface area (Å²) in [5, 5.41) is -0.495. The molecule has 0 fully saturated rings. The summed E-state index contributed by atoms with van der Waals surface area (Å²) in [4.78, 5) is 11.2. The monoisotopic (exact) mass is 222 g/mol. The van der Waals surface area contributed by atoms with Crippen LogP contribution < -0.4 is 0 Å². The molecular weight excluding hydrogens is 208 g/mol. The molecule has 1 atom stereocenters. The summed E-state index contributed by atoms with van der Waals surface area (Å²) >= 11 is 4.13. The number of hydrogen-bond acceptors (Lipinski definition) is 3. The van der Waals surface area contributed by atoms with Gasteiger partial charge in [0.05, 0.1) is 6.61 Å². The molecule has 0 radical (unpaired) electrons. The average molecular weight is 222 g/mol. The van der Waals surface area contributed by atoms with E-state index in [1.165, 1.54) is 0 Å². The third-order valence-electron chi connectivity index (χ3n) is 1.80. The highest BCUT2D eigenvalue weighted by molar-refractivity contribution is 7.82. The second kappa shape index (κ2) is 6.30. The first-order chi connectivity index (χ1) is 7.24. The molecule has 0 aliphatic heterocycles. The Hall–Kier alpha value is -1.22. The topological polar surface area (TPSA) is 26.3 Å². The molecule has 2 nitrogen and oxygen atoms in total. The Bertz CT molecular complexity index is 333. The highest BCUT2D eigenvalue weighted by Crippen LogP contribution is 2.06. The van der Waals surface area contributed by atoms with Crippen molar-refractivity contribution in [1.29, 1.82) is 0 Å². The SMILES string of the molecule is CCOC(=O)C(S)C=Cc1ccccc1. The van der Waals surface area contributed by atoms with Crippen molar-refractivity contribution < 1.29 is 9.53 Å². The lowest BCUT2D eigenvalue weighted by atomic mass is 10.2. The van der Waals surface area contributed by atoms with Crippen LogP contribution in [0.15, 0.2) is 36.4 Å².